The molecular formula is C15H20N2S. The molecule has 0 fully saturated rings. The second-order valence-corrected chi connectivity index (χ2v) is 5.76. The van der Waals surface area contributed by atoms with Crippen LogP contribution in [0.1, 0.15) is 21.8 Å². The van der Waals surface area contributed by atoms with Crippen molar-refractivity contribution in [2.75, 3.05) is 6.54 Å². The molecule has 1 aromatic carbocycles. The van der Waals surface area contributed by atoms with E-state index in [0.717, 1.165) is 18.5 Å². The van der Waals surface area contributed by atoms with Crippen molar-refractivity contribution in [1.82, 2.24) is 4.98 Å². The summed E-state index contributed by atoms with van der Waals surface area (Å²) in [6.45, 7) is 4.92. The zero-order valence-electron chi connectivity index (χ0n) is 11.0. The minimum absolute atomic E-state index is 0.483. The Bertz CT molecular complexity index is 505. The number of benzene rings is 1. The molecule has 1 heterocycles. The normalized spacial score (nSPS) is 12.6. The summed E-state index contributed by atoms with van der Waals surface area (Å²) in [5.41, 5.74) is 9.77. The molecule has 0 saturated heterocycles. The van der Waals surface area contributed by atoms with E-state index in [0.29, 0.717) is 12.5 Å². The Kier molecular flexibility index (Phi) is 4.50. The highest BCUT2D eigenvalue weighted by Gasteiger charge is 2.12. The third kappa shape index (κ3) is 3.40. The number of hydrogen-bond acceptors (Lipinski definition) is 3. The van der Waals surface area contributed by atoms with Crippen LogP contribution in [-0.2, 0) is 12.8 Å². The highest BCUT2D eigenvalue weighted by atomic mass is 32.1. The fourth-order valence-electron chi connectivity index (χ4n) is 2.13. The van der Waals surface area contributed by atoms with E-state index >= 15 is 0 Å². The molecule has 2 N–H and O–H groups in total. The summed E-state index contributed by atoms with van der Waals surface area (Å²) in [5.74, 6) is 0.483. The fraction of sp³-hybridized carbons (Fsp3) is 0.400. The Hall–Kier alpha value is -1.19. The topological polar surface area (TPSA) is 38.9 Å². The number of nitrogens with zero attached hydrogens (tertiary/aromatic N) is 1. The van der Waals surface area contributed by atoms with Gasteiger partial charge in [0, 0.05) is 17.5 Å². The molecule has 2 nitrogen and oxygen atoms in total. The minimum Gasteiger partial charge on any atom is -0.330 e. The van der Waals surface area contributed by atoms with Gasteiger partial charge in [-0.1, -0.05) is 24.3 Å². The van der Waals surface area contributed by atoms with Crippen molar-refractivity contribution in [2.24, 2.45) is 11.7 Å². The van der Waals surface area contributed by atoms with E-state index in [4.69, 9.17) is 5.73 Å². The molecule has 1 atom stereocenters. The van der Waals surface area contributed by atoms with Gasteiger partial charge >= 0.3 is 0 Å². The molecule has 1 unspecified atom stereocenters. The second kappa shape index (κ2) is 6.12. The van der Waals surface area contributed by atoms with Crippen molar-refractivity contribution in [3.8, 4) is 0 Å². The zero-order chi connectivity index (χ0) is 13.0. The second-order valence-electron chi connectivity index (χ2n) is 4.82. The highest BCUT2D eigenvalue weighted by molar-refractivity contribution is 7.09. The first kappa shape index (κ1) is 13.2. The van der Waals surface area contributed by atoms with Gasteiger partial charge in [0.15, 0.2) is 0 Å². The van der Waals surface area contributed by atoms with Crippen LogP contribution >= 0.6 is 11.3 Å². The first-order valence-electron chi connectivity index (χ1n) is 6.34. The number of thiazole rings is 1. The fourth-order valence-corrected chi connectivity index (χ4v) is 3.02. The van der Waals surface area contributed by atoms with Gasteiger partial charge in [0.25, 0.3) is 0 Å². The Morgan fingerprint density at radius 2 is 2.00 bits per heavy atom. The van der Waals surface area contributed by atoms with Crippen molar-refractivity contribution < 1.29 is 0 Å². The van der Waals surface area contributed by atoms with Gasteiger partial charge in [-0.2, -0.15) is 0 Å². The first-order valence-corrected chi connectivity index (χ1v) is 7.22. The average molecular weight is 260 g/mol. The van der Waals surface area contributed by atoms with Gasteiger partial charge < -0.3 is 5.73 Å². The molecule has 0 aliphatic carbocycles. The molecule has 2 rings (SSSR count). The van der Waals surface area contributed by atoms with Crippen molar-refractivity contribution >= 4 is 11.3 Å². The Balaban J connectivity index is 2.04. The van der Waals surface area contributed by atoms with Crippen LogP contribution in [0.2, 0.25) is 0 Å². The van der Waals surface area contributed by atoms with Crippen molar-refractivity contribution in [3.05, 3.63) is 51.5 Å². The monoisotopic (exact) mass is 260 g/mol. The van der Waals surface area contributed by atoms with E-state index in [9.17, 15) is 0 Å². The zero-order valence-corrected chi connectivity index (χ0v) is 11.8. The van der Waals surface area contributed by atoms with Crippen LogP contribution in [0.25, 0.3) is 0 Å². The number of rotatable bonds is 5. The molecule has 18 heavy (non-hydrogen) atoms. The molecule has 0 aliphatic rings. The van der Waals surface area contributed by atoms with Crippen LogP contribution in [0.4, 0.5) is 0 Å². The highest BCUT2D eigenvalue weighted by Crippen LogP contribution is 2.18. The molecule has 0 aliphatic heterocycles. The van der Waals surface area contributed by atoms with Gasteiger partial charge in [0.1, 0.15) is 0 Å². The number of aryl methyl sites for hydroxylation is 2. The lowest BCUT2D eigenvalue weighted by molar-refractivity contribution is 0.530. The van der Waals surface area contributed by atoms with Crippen molar-refractivity contribution in [2.45, 2.75) is 26.7 Å². The van der Waals surface area contributed by atoms with Crippen molar-refractivity contribution in [1.29, 1.82) is 0 Å². The Morgan fingerprint density at radius 3 is 2.61 bits per heavy atom. The predicted molar refractivity (Wildman–Crippen MR) is 78.0 cm³/mol. The average Bonchev–Trinajstić information content (AvgIpc) is 2.76. The van der Waals surface area contributed by atoms with Gasteiger partial charge in [-0.25, -0.2) is 4.98 Å². The predicted octanol–water partition coefficient (Wildman–Crippen LogP) is 3.12. The lowest BCUT2D eigenvalue weighted by Gasteiger charge is -2.14. The molecular weight excluding hydrogens is 240 g/mol. The maximum absolute atomic E-state index is 5.90. The summed E-state index contributed by atoms with van der Waals surface area (Å²) in [4.78, 5) is 4.53. The SMILES string of the molecule is Cc1csc(CC(CN)Cc2ccccc2C)n1. The molecule has 0 spiro atoms. The van der Waals surface area contributed by atoms with Crippen LogP contribution in [-0.4, -0.2) is 11.5 Å². The summed E-state index contributed by atoms with van der Waals surface area (Å²) in [7, 11) is 0. The minimum atomic E-state index is 0.483. The lowest BCUT2D eigenvalue weighted by atomic mass is 9.94. The van der Waals surface area contributed by atoms with E-state index in [2.05, 4.69) is 41.6 Å². The van der Waals surface area contributed by atoms with Gasteiger partial charge in [-0.15, -0.1) is 11.3 Å². The molecule has 3 heteroatoms. The van der Waals surface area contributed by atoms with Crippen LogP contribution in [0.15, 0.2) is 29.6 Å². The van der Waals surface area contributed by atoms with Gasteiger partial charge in [-0.05, 0) is 43.9 Å². The molecule has 0 amide bonds. The summed E-state index contributed by atoms with van der Waals surface area (Å²) in [5, 5.41) is 3.31. The lowest BCUT2D eigenvalue weighted by Crippen LogP contribution is -2.19. The van der Waals surface area contributed by atoms with Crippen LogP contribution in [0.3, 0.4) is 0 Å². The molecule has 1 aromatic heterocycles. The van der Waals surface area contributed by atoms with Crippen LogP contribution < -0.4 is 5.73 Å². The smallest absolute Gasteiger partial charge is 0.0931 e. The summed E-state index contributed by atoms with van der Waals surface area (Å²) >= 11 is 1.74. The number of aromatic nitrogens is 1. The summed E-state index contributed by atoms with van der Waals surface area (Å²) in [6, 6.07) is 8.55. The quantitative estimate of drug-likeness (QED) is 0.897. The summed E-state index contributed by atoms with van der Waals surface area (Å²) in [6.07, 6.45) is 2.03. The third-order valence-corrected chi connectivity index (χ3v) is 4.22. The maximum atomic E-state index is 5.90. The standard InChI is InChI=1S/C15H20N2S/c1-11-5-3-4-6-14(11)7-13(9-16)8-15-17-12(2)10-18-15/h3-6,10,13H,7-9,16H2,1-2H3. The maximum Gasteiger partial charge on any atom is 0.0931 e. The molecule has 0 saturated carbocycles. The summed E-state index contributed by atoms with van der Waals surface area (Å²) < 4.78 is 0. The Morgan fingerprint density at radius 1 is 1.22 bits per heavy atom. The van der Waals surface area contributed by atoms with Crippen LogP contribution in [0, 0.1) is 19.8 Å². The number of hydrogen-bond donors (Lipinski definition) is 1. The third-order valence-electron chi connectivity index (χ3n) is 3.23. The van der Waals surface area contributed by atoms with Crippen LogP contribution in [0.5, 0.6) is 0 Å². The van der Waals surface area contributed by atoms with E-state index in [1.807, 2.05) is 6.92 Å². The number of nitrogens with two attached hydrogens (primary N) is 1. The van der Waals surface area contributed by atoms with Crippen molar-refractivity contribution in [3.63, 3.8) is 0 Å². The van der Waals surface area contributed by atoms with Gasteiger partial charge in [0.05, 0.1) is 5.01 Å². The van der Waals surface area contributed by atoms with Gasteiger partial charge in [0.2, 0.25) is 0 Å². The molecule has 0 bridgehead atoms. The largest absolute Gasteiger partial charge is 0.330 e. The molecule has 0 radical (unpaired) electrons. The van der Waals surface area contributed by atoms with E-state index in [-0.39, 0.29) is 0 Å². The molecule has 96 valence electrons. The van der Waals surface area contributed by atoms with E-state index in [1.165, 1.54) is 16.1 Å². The van der Waals surface area contributed by atoms with E-state index < -0.39 is 0 Å². The molecule has 2 aromatic rings. The first-order chi connectivity index (χ1) is 8.69. The Labute approximate surface area is 113 Å². The van der Waals surface area contributed by atoms with Gasteiger partial charge in [-0.3, -0.25) is 0 Å². The van der Waals surface area contributed by atoms with E-state index in [1.54, 1.807) is 11.3 Å².